The third-order valence-electron chi connectivity index (χ3n) is 2.94. The molecule has 0 saturated carbocycles. The lowest BCUT2D eigenvalue weighted by Gasteiger charge is -2.19. The molecule has 0 bridgehead atoms. The first-order valence-corrected chi connectivity index (χ1v) is 7.52. The molecule has 2 rings (SSSR count). The number of nitrogens with zero attached hydrogens (tertiary/aromatic N) is 1. The summed E-state index contributed by atoms with van der Waals surface area (Å²) in [5, 5.41) is 13.3. The van der Waals surface area contributed by atoms with Crippen LogP contribution in [0.1, 0.15) is 38.0 Å². The first-order chi connectivity index (χ1) is 10.7. The number of halogens is 1. The number of aliphatic hydroxyl groups excluding tert-OH is 1. The molecule has 0 radical (unpaired) electrons. The van der Waals surface area contributed by atoms with Crippen LogP contribution in [-0.2, 0) is 4.74 Å². The molecular weight excluding hydrogens is 316 g/mol. The number of benzene rings is 1. The van der Waals surface area contributed by atoms with E-state index >= 15 is 0 Å². The van der Waals surface area contributed by atoms with Crippen molar-refractivity contribution in [1.29, 1.82) is 0 Å². The van der Waals surface area contributed by atoms with Gasteiger partial charge in [0.15, 0.2) is 0 Å². The van der Waals surface area contributed by atoms with E-state index in [1.165, 1.54) is 0 Å². The van der Waals surface area contributed by atoms with Crippen molar-refractivity contribution in [2.75, 3.05) is 5.32 Å². The number of pyridine rings is 1. The highest BCUT2D eigenvalue weighted by atomic mass is 35.5. The van der Waals surface area contributed by atoms with Crippen molar-refractivity contribution in [2.45, 2.75) is 32.5 Å². The van der Waals surface area contributed by atoms with Crippen LogP contribution in [0.15, 0.2) is 42.6 Å². The van der Waals surface area contributed by atoms with Gasteiger partial charge in [-0.3, -0.25) is 5.32 Å². The Morgan fingerprint density at radius 3 is 2.43 bits per heavy atom. The lowest BCUT2D eigenvalue weighted by Crippen LogP contribution is -2.27. The summed E-state index contributed by atoms with van der Waals surface area (Å²) in [6.07, 6.45) is 0.206. The SMILES string of the molecule is CC(C)(C)OC(=O)Nc1ccc(C(O)c2ccnc(Cl)c2)cc1. The number of nitrogens with one attached hydrogen (secondary N) is 1. The molecule has 2 aromatic rings. The van der Waals surface area contributed by atoms with E-state index in [4.69, 9.17) is 16.3 Å². The summed E-state index contributed by atoms with van der Waals surface area (Å²) in [5.41, 5.74) is 1.36. The molecule has 6 heteroatoms. The standard InChI is InChI=1S/C17H19ClN2O3/c1-17(2,3)23-16(22)20-13-6-4-11(5-7-13)15(21)12-8-9-19-14(18)10-12/h4-10,15,21H,1-3H3,(H,20,22). The Morgan fingerprint density at radius 1 is 1.22 bits per heavy atom. The highest BCUT2D eigenvalue weighted by Gasteiger charge is 2.16. The second-order valence-electron chi connectivity index (χ2n) is 6.06. The van der Waals surface area contributed by atoms with E-state index in [0.29, 0.717) is 22.0 Å². The summed E-state index contributed by atoms with van der Waals surface area (Å²) in [4.78, 5) is 15.6. The van der Waals surface area contributed by atoms with Crippen LogP contribution in [-0.4, -0.2) is 21.8 Å². The molecule has 23 heavy (non-hydrogen) atoms. The van der Waals surface area contributed by atoms with Crippen molar-refractivity contribution in [3.05, 3.63) is 58.9 Å². The number of aliphatic hydroxyl groups is 1. The van der Waals surface area contributed by atoms with Crippen molar-refractivity contribution in [3.8, 4) is 0 Å². The number of hydrogen-bond donors (Lipinski definition) is 2. The maximum absolute atomic E-state index is 11.7. The number of carbonyl (C=O) groups excluding carboxylic acids is 1. The fourth-order valence-electron chi connectivity index (χ4n) is 1.95. The monoisotopic (exact) mass is 334 g/mol. The van der Waals surface area contributed by atoms with Crippen LogP contribution < -0.4 is 5.32 Å². The summed E-state index contributed by atoms with van der Waals surface area (Å²) >= 11 is 5.83. The van der Waals surface area contributed by atoms with Crippen molar-refractivity contribution < 1.29 is 14.6 Å². The number of rotatable bonds is 3. The second kappa shape index (κ2) is 6.98. The second-order valence-corrected chi connectivity index (χ2v) is 6.45. The molecule has 1 aromatic carbocycles. The van der Waals surface area contributed by atoms with Gasteiger partial charge in [-0.2, -0.15) is 0 Å². The third kappa shape index (κ3) is 5.23. The Balaban J connectivity index is 2.06. The van der Waals surface area contributed by atoms with Crippen LogP contribution in [0, 0.1) is 0 Å². The number of ether oxygens (including phenoxy) is 1. The summed E-state index contributed by atoms with van der Waals surface area (Å²) < 4.78 is 5.18. The molecule has 1 heterocycles. The van der Waals surface area contributed by atoms with Crippen molar-refractivity contribution in [2.24, 2.45) is 0 Å². The Kier molecular flexibility index (Phi) is 5.23. The van der Waals surface area contributed by atoms with Gasteiger partial charge in [-0.1, -0.05) is 23.7 Å². The Labute approximate surface area is 140 Å². The van der Waals surface area contributed by atoms with E-state index in [1.54, 1.807) is 63.4 Å². The van der Waals surface area contributed by atoms with Gasteiger partial charge in [0.2, 0.25) is 0 Å². The maximum atomic E-state index is 11.7. The molecule has 0 aliphatic rings. The number of amides is 1. The molecule has 1 unspecified atom stereocenters. The normalized spacial score (nSPS) is 12.6. The molecular formula is C17H19ClN2O3. The molecule has 5 nitrogen and oxygen atoms in total. The van der Waals surface area contributed by atoms with E-state index in [0.717, 1.165) is 0 Å². The summed E-state index contributed by atoms with van der Waals surface area (Å²) in [6, 6.07) is 10.2. The number of anilines is 1. The highest BCUT2D eigenvalue weighted by Crippen LogP contribution is 2.24. The lowest BCUT2D eigenvalue weighted by molar-refractivity contribution is 0.0636. The van der Waals surface area contributed by atoms with Crippen LogP contribution >= 0.6 is 11.6 Å². The molecule has 122 valence electrons. The Hall–Kier alpha value is -2.11. The van der Waals surface area contributed by atoms with Crippen LogP contribution in [0.5, 0.6) is 0 Å². The molecule has 1 atom stereocenters. The van der Waals surface area contributed by atoms with Crippen LogP contribution in [0.3, 0.4) is 0 Å². The van der Waals surface area contributed by atoms with E-state index in [1.807, 2.05) is 0 Å². The molecule has 0 aliphatic heterocycles. The van der Waals surface area contributed by atoms with Gasteiger partial charge in [-0.15, -0.1) is 0 Å². The predicted molar refractivity (Wildman–Crippen MR) is 89.6 cm³/mol. The molecule has 1 aromatic heterocycles. The number of aromatic nitrogens is 1. The van der Waals surface area contributed by atoms with Gasteiger partial charge in [-0.25, -0.2) is 9.78 Å². The minimum atomic E-state index is -0.814. The van der Waals surface area contributed by atoms with Gasteiger partial charge in [-0.05, 0) is 56.2 Å². The van der Waals surface area contributed by atoms with Crippen LogP contribution in [0.4, 0.5) is 10.5 Å². The average molecular weight is 335 g/mol. The summed E-state index contributed by atoms with van der Waals surface area (Å²) in [6.45, 7) is 5.39. The zero-order valence-electron chi connectivity index (χ0n) is 13.2. The van der Waals surface area contributed by atoms with E-state index in [2.05, 4.69) is 10.3 Å². The fraction of sp³-hybridized carbons (Fsp3) is 0.294. The first kappa shape index (κ1) is 17.2. The van der Waals surface area contributed by atoms with Gasteiger partial charge in [0.25, 0.3) is 0 Å². The lowest BCUT2D eigenvalue weighted by atomic mass is 10.0. The fourth-order valence-corrected chi connectivity index (χ4v) is 2.13. The van der Waals surface area contributed by atoms with Crippen molar-refractivity contribution in [1.82, 2.24) is 4.98 Å². The largest absolute Gasteiger partial charge is 0.444 e. The third-order valence-corrected chi connectivity index (χ3v) is 3.14. The van der Waals surface area contributed by atoms with Crippen molar-refractivity contribution in [3.63, 3.8) is 0 Å². The molecule has 0 fully saturated rings. The van der Waals surface area contributed by atoms with Gasteiger partial charge in [0.05, 0.1) is 0 Å². The number of hydrogen-bond acceptors (Lipinski definition) is 4. The summed E-state index contributed by atoms with van der Waals surface area (Å²) in [5.74, 6) is 0. The van der Waals surface area contributed by atoms with E-state index in [-0.39, 0.29) is 0 Å². The number of carbonyl (C=O) groups is 1. The zero-order valence-corrected chi connectivity index (χ0v) is 14.0. The molecule has 1 amide bonds. The molecule has 0 aliphatic carbocycles. The minimum absolute atomic E-state index is 0.324. The van der Waals surface area contributed by atoms with Gasteiger partial charge < -0.3 is 9.84 Å². The minimum Gasteiger partial charge on any atom is -0.444 e. The van der Waals surface area contributed by atoms with Gasteiger partial charge in [0.1, 0.15) is 16.9 Å². The van der Waals surface area contributed by atoms with Gasteiger partial charge >= 0.3 is 6.09 Å². The Bertz CT molecular complexity index is 681. The smallest absolute Gasteiger partial charge is 0.412 e. The Morgan fingerprint density at radius 2 is 1.87 bits per heavy atom. The van der Waals surface area contributed by atoms with Gasteiger partial charge in [0, 0.05) is 11.9 Å². The molecule has 2 N–H and O–H groups in total. The van der Waals surface area contributed by atoms with Crippen LogP contribution in [0.2, 0.25) is 5.15 Å². The van der Waals surface area contributed by atoms with Crippen LogP contribution in [0.25, 0.3) is 0 Å². The molecule has 0 saturated heterocycles. The maximum Gasteiger partial charge on any atom is 0.412 e. The first-order valence-electron chi connectivity index (χ1n) is 7.14. The average Bonchev–Trinajstić information content (AvgIpc) is 2.45. The molecule has 0 spiro atoms. The topological polar surface area (TPSA) is 71.5 Å². The quantitative estimate of drug-likeness (QED) is 0.827. The zero-order chi connectivity index (χ0) is 17.0. The predicted octanol–water partition coefficient (Wildman–Crippen LogP) is 4.16. The summed E-state index contributed by atoms with van der Waals surface area (Å²) in [7, 11) is 0. The highest BCUT2D eigenvalue weighted by molar-refractivity contribution is 6.29. The van der Waals surface area contributed by atoms with E-state index < -0.39 is 17.8 Å². The van der Waals surface area contributed by atoms with Crippen molar-refractivity contribution >= 4 is 23.4 Å². The van der Waals surface area contributed by atoms with E-state index in [9.17, 15) is 9.90 Å².